The molecule has 1 aliphatic rings. The summed E-state index contributed by atoms with van der Waals surface area (Å²) >= 11 is 3.48. The minimum atomic E-state index is 0.163. The van der Waals surface area contributed by atoms with E-state index in [0.717, 1.165) is 22.0 Å². The number of aromatic nitrogens is 1. The van der Waals surface area contributed by atoms with E-state index in [2.05, 4.69) is 28.5 Å². The molecule has 1 heterocycles. The lowest BCUT2D eigenvalue weighted by molar-refractivity contribution is -0.122. The highest BCUT2D eigenvalue weighted by molar-refractivity contribution is 8.01. The monoisotopic (exact) mass is 382 g/mol. The van der Waals surface area contributed by atoms with Crippen LogP contribution in [-0.4, -0.2) is 16.6 Å². The molecule has 5 heteroatoms. The van der Waals surface area contributed by atoms with Gasteiger partial charge in [0.2, 0.25) is 5.91 Å². The van der Waals surface area contributed by atoms with Gasteiger partial charge in [-0.3, -0.25) is 4.79 Å². The van der Waals surface area contributed by atoms with Gasteiger partial charge in [-0.1, -0.05) is 54.2 Å². The maximum atomic E-state index is 12.4. The van der Waals surface area contributed by atoms with Crippen LogP contribution in [0.3, 0.4) is 0 Å². The molecule has 3 nitrogen and oxygen atoms in total. The van der Waals surface area contributed by atoms with Crippen LogP contribution in [0.5, 0.6) is 0 Å². The zero-order valence-corrected chi connectivity index (χ0v) is 16.2. The Morgan fingerprint density at radius 3 is 2.69 bits per heavy atom. The van der Waals surface area contributed by atoms with Gasteiger partial charge in [-0.15, -0.1) is 11.3 Å². The molecule has 0 saturated heterocycles. The van der Waals surface area contributed by atoms with Crippen molar-refractivity contribution in [2.75, 3.05) is 5.75 Å². The average molecular weight is 383 g/mol. The van der Waals surface area contributed by atoms with Crippen molar-refractivity contribution in [2.24, 2.45) is 5.92 Å². The number of thioether (sulfide) groups is 1. The van der Waals surface area contributed by atoms with Gasteiger partial charge in [-0.05, 0) is 42.9 Å². The summed E-state index contributed by atoms with van der Waals surface area (Å²) in [5.41, 5.74) is 2.29. The predicted octanol–water partition coefficient (Wildman–Crippen LogP) is 5.44. The Kier molecular flexibility index (Phi) is 5.56. The Morgan fingerprint density at radius 1 is 1.15 bits per heavy atom. The number of carbonyl (C=O) groups is 1. The Bertz CT molecular complexity index is 841. The van der Waals surface area contributed by atoms with E-state index < -0.39 is 0 Å². The Morgan fingerprint density at radius 2 is 1.92 bits per heavy atom. The molecular weight excluding hydrogens is 360 g/mol. The van der Waals surface area contributed by atoms with Crippen molar-refractivity contribution in [1.82, 2.24) is 10.3 Å². The molecule has 1 unspecified atom stereocenters. The highest BCUT2D eigenvalue weighted by Gasteiger charge is 2.33. The molecule has 0 bridgehead atoms. The third-order valence-electron chi connectivity index (χ3n) is 4.62. The Hall–Kier alpha value is -1.85. The topological polar surface area (TPSA) is 42.0 Å². The lowest BCUT2D eigenvalue weighted by atomic mass is 10.0. The van der Waals surface area contributed by atoms with E-state index in [0.29, 0.717) is 12.3 Å². The van der Waals surface area contributed by atoms with E-state index in [-0.39, 0.29) is 11.9 Å². The van der Waals surface area contributed by atoms with Crippen LogP contribution in [0.4, 0.5) is 0 Å². The van der Waals surface area contributed by atoms with Gasteiger partial charge in [0.1, 0.15) is 0 Å². The number of hydrogen-bond donors (Lipinski definition) is 1. The number of carbonyl (C=O) groups excluding carboxylic acids is 1. The number of benzene rings is 2. The molecule has 0 spiro atoms. The molecule has 0 aliphatic heterocycles. The van der Waals surface area contributed by atoms with Crippen LogP contribution in [0.1, 0.15) is 37.3 Å². The lowest BCUT2D eigenvalue weighted by Gasteiger charge is -2.18. The van der Waals surface area contributed by atoms with Gasteiger partial charge in [-0.25, -0.2) is 4.98 Å². The van der Waals surface area contributed by atoms with E-state index in [4.69, 9.17) is 0 Å². The molecule has 0 radical (unpaired) electrons. The lowest BCUT2D eigenvalue weighted by Crippen LogP contribution is -2.29. The summed E-state index contributed by atoms with van der Waals surface area (Å²) < 4.78 is 2.31. The summed E-state index contributed by atoms with van der Waals surface area (Å²) in [5.74, 6) is 1.70. The van der Waals surface area contributed by atoms with Crippen molar-refractivity contribution in [3.05, 3.63) is 60.2 Å². The zero-order chi connectivity index (χ0) is 17.8. The smallest absolute Gasteiger partial charge is 0.220 e. The second kappa shape index (κ2) is 8.23. The summed E-state index contributed by atoms with van der Waals surface area (Å²) in [7, 11) is 0. The van der Waals surface area contributed by atoms with Crippen molar-refractivity contribution in [1.29, 1.82) is 0 Å². The number of fused-ring (bicyclic) bond motifs is 1. The molecule has 1 aromatic heterocycles. The highest BCUT2D eigenvalue weighted by Crippen LogP contribution is 2.41. The molecular formula is C21H22N2OS2. The molecule has 2 aromatic carbocycles. The molecule has 26 heavy (non-hydrogen) atoms. The molecule has 3 aromatic rings. The first-order valence-corrected chi connectivity index (χ1v) is 10.9. The van der Waals surface area contributed by atoms with Crippen molar-refractivity contribution < 1.29 is 4.79 Å². The third-order valence-corrected chi connectivity index (χ3v) is 6.88. The number of rotatable bonds is 8. The molecule has 1 aliphatic carbocycles. The van der Waals surface area contributed by atoms with Crippen LogP contribution >= 0.6 is 23.1 Å². The number of amides is 1. The molecule has 4 rings (SSSR count). The summed E-state index contributed by atoms with van der Waals surface area (Å²) in [6.45, 7) is 0. The average Bonchev–Trinajstić information content (AvgIpc) is 3.42. The van der Waals surface area contributed by atoms with E-state index in [1.54, 1.807) is 23.1 Å². The first-order valence-electron chi connectivity index (χ1n) is 9.12. The van der Waals surface area contributed by atoms with Gasteiger partial charge in [0.15, 0.2) is 4.34 Å². The molecule has 134 valence electrons. The standard InChI is InChI=1S/C21H22N2OS2/c24-19(23-20(16-12-13-16)15-7-2-1-3-8-15)11-6-14-25-21-22-17-9-4-5-10-18(17)26-21/h1-5,7-10,16,20H,6,11-14H2,(H,23,24). The third kappa shape index (κ3) is 4.46. The van der Waals surface area contributed by atoms with Gasteiger partial charge in [0.05, 0.1) is 16.3 Å². The molecule has 1 saturated carbocycles. The van der Waals surface area contributed by atoms with E-state index >= 15 is 0 Å². The van der Waals surface area contributed by atoms with Crippen LogP contribution in [-0.2, 0) is 4.79 Å². The van der Waals surface area contributed by atoms with Crippen molar-refractivity contribution in [3.8, 4) is 0 Å². The van der Waals surface area contributed by atoms with Gasteiger partial charge < -0.3 is 5.32 Å². The van der Waals surface area contributed by atoms with Crippen LogP contribution < -0.4 is 5.32 Å². The largest absolute Gasteiger partial charge is 0.349 e. The van der Waals surface area contributed by atoms with Crippen molar-refractivity contribution in [2.45, 2.75) is 36.1 Å². The van der Waals surface area contributed by atoms with Crippen LogP contribution in [0.2, 0.25) is 0 Å². The number of hydrogen-bond acceptors (Lipinski definition) is 4. The number of nitrogens with one attached hydrogen (secondary N) is 1. The second-order valence-electron chi connectivity index (χ2n) is 6.69. The highest BCUT2D eigenvalue weighted by atomic mass is 32.2. The van der Waals surface area contributed by atoms with Crippen molar-refractivity contribution in [3.63, 3.8) is 0 Å². The first-order chi connectivity index (χ1) is 12.8. The fraction of sp³-hybridized carbons (Fsp3) is 0.333. The van der Waals surface area contributed by atoms with Gasteiger partial charge >= 0.3 is 0 Å². The fourth-order valence-corrected chi connectivity index (χ4v) is 5.19. The molecule has 1 N–H and O–H groups in total. The maximum absolute atomic E-state index is 12.4. The Balaban J connectivity index is 1.24. The summed E-state index contributed by atoms with van der Waals surface area (Å²) in [6, 6.07) is 18.7. The molecule has 1 amide bonds. The summed E-state index contributed by atoms with van der Waals surface area (Å²) in [4.78, 5) is 17.0. The van der Waals surface area contributed by atoms with Crippen molar-refractivity contribution >= 4 is 39.2 Å². The van der Waals surface area contributed by atoms with Gasteiger partial charge in [-0.2, -0.15) is 0 Å². The quantitative estimate of drug-likeness (QED) is 0.417. The number of para-hydroxylation sites is 1. The summed E-state index contributed by atoms with van der Waals surface area (Å²) in [5, 5.41) is 3.25. The normalized spacial score (nSPS) is 15.1. The maximum Gasteiger partial charge on any atom is 0.220 e. The van der Waals surface area contributed by atoms with E-state index in [9.17, 15) is 4.79 Å². The van der Waals surface area contributed by atoms with Gasteiger partial charge in [0, 0.05) is 12.2 Å². The zero-order valence-electron chi connectivity index (χ0n) is 14.6. The second-order valence-corrected chi connectivity index (χ2v) is 9.07. The minimum absolute atomic E-state index is 0.163. The molecule has 1 fully saturated rings. The summed E-state index contributed by atoms with van der Waals surface area (Å²) in [6.07, 6.45) is 3.88. The van der Waals surface area contributed by atoms with Crippen LogP contribution in [0.25, 0.3) is 10.2 Å². The predicted molar refractivity (Wildman–Crippen MR) is 110 cm³/mol. The fourth-order valence-electron chi connectivity index (χ4n) is 3.11. The Labute approximate surface area is 162 Å². The SMILES string of the molecule is O=C(CCCSc1nc2ccccc2s1)NC(c1ccccc1)C1CC1. The number of nitrogens with zero attached hydrogens (tertiary/aromatic N) is 1. The van der Waals surface area contributed by atoms with Crippen LogP contribution in [0.15, 0.2) is 58.9 Å². The van der Waals surface area contributed by atoms with E-state index in [1.807, 2.05) is 36.4 Å². The van der Waals surface area contributed by atoms with Gasteiger partial charge in [0.25, 0.3) is 0 Å². The van der Waals surface area contributed by atoms with E-state index in [1.165, 1.54) is 23.1 Å². The molecule has 1 atom stereocenters. The number of thiazole rings is 1. The van der Waals surface area contributed by atoms with Crippen LogP contribution in [0, 0.1) is 5.92 Å². The first kappa shape index (κ1) is 17.6. The minimum Gasteiger partial charge on any atom is -0.349 e.